The fraction of sp³-hybridized carbons (Fsp3) is 0.950. The standard InChI is InChI=1S/C40H80N2O2/c1-3-5-7-9-11-13-15-17-19-21-23-27-31-35-39(43)41-37-33-29-25-26-30-34-38-42-40(44)36-32-28-24-22-20-18-16-14-12-10-8-6-4-2/h3-38H2,1-2H3,(H,41,43)(H,42,44). The minimum Gasteiger partial charge on any atom is -0.356 e. The second-order valence-electron chi connectivity index (χ2n) is 13.8. The molecule has 0 rings (SSSR count). The van der Waals surface area contributed by atoms with Gasteiger partial charge in [-0.2, -0.15) is 0 Å². The summed E-state index contributed by atoms with van der Waals surface area (Å²) in [5.74, 6) is 0.477. The van der Waals surface area contributed by atoms with E-state index in [2.05, 4.69) is 24.5 Å². The SMILES string of the molecule is CCCCCCCCCCCCCCCC(=O)NCCCCCCCCNC(=O)CCCCCCCCCCCCCCC. The van der Waals surface area contributed by atoms with E-state index in [0.717, 1.165) is 38.8 Å². The summed E-state index contributed by atoms with van der Waals surface area (Å²) in [4.78, 5) is 24.1. The molecule has 0 aliphatic rings. The van der Waals surface area contributed by atoms with Crippen LogP contribution in [0, 0.1) is 0 Å². The van der Waals surface area contributed by atoms with E-state index < -0.39 is 0 Å². The Morgan fingerprint density at radius 2 is 0.500 bits per heavy atom. The topological polar surface area (TPSA) is 58.2 Å². The molecule has 0 aliphatic heterocycles. The van der Waals surface area contributed by atoms with E-state index in [4.69, 9.17) is 0 Å². The quantitative estimate of drug-likeness (QED) is 0.0679. The van der Waals surface area contributed by atoms with E-state index in [9.17, 15) is 9.59 Å². The highest BCUT2D eigenvalue weighted by Gasteiger charge is 2.02. The van der Waals surface area contributed by atoms with Crippen molar-refractivity contribution in [1.82, 2.24) is 10.6 Å². The van der Waals surface area contributed by atoms with Crippen molar-refractivity contribution < 1.29 is 9.59 Å². The average molecular weight is 621 g/mol. The van der Waals surface area contributed by atoms with Gasteiger partial charge >= 0.3 is 0 Å². The molecule has 0 atom stereocenters. The number of nitrogens with one attached hydrogen (secondary N) is 2. The second kappa shape index (κ2) is 38.1. The van der Waals surface area contributed by atoms with Crippen LogP contribution in [0.25, 0.3) is 0 Å². The van der Waals surface area contributed by atoms with Gasteiger partial charge in [0.1, 0.15) is 0 Å². The first kappa shape index (κ1) is 42.9. The van der Waals surface area contributed by atoms with Crippen LogP contribution in [0.3, 0.4) is 0 Å². The van der Waals surface area contributed by atoms with Crippen LogP contribution in [0.1, 0.15) is 232 Å². The summed E-state index contributed by atoms with van der Waals surface area (Å²) < 4.78 is 0. The van der Waals surface area contributed by atoms with Crippen molar-refractivity contribution in [2.75, 3.05) is 13.1 Å². The molecular weight excluding hydrogens is 540 g/mol. The maximum Gasteiger partial charge on any atom is 0.219 e. The fourth-order valence-electron chi connectivity index (χ4n) is 6.20. The maximum atomic E-state index is 12.0. The summed E-state index contributed by atoms with van der Waals surface area (Å²) >= 11 is 0. The number of hydrogen-bond donors (Lipinski definition) is 2. The Hall–Kier alpha value is -1.06. The molecule has 0 aromatic carbocycles. The second-order valence-corrected chi connectivity index (χ2v) is 13.8. The third-order valence-corrected chi connectivity index (χ3v) is 9.26. The van der Waals surface area contributed by atoms with Gasteiger partial charge in [0.2, 0.25) is 11.8 Å². The molecule has 0 heterocycles. The lowest BCUT2D eigenvalue weighted by molar-refractivity contribution is -0.122. The number of carbonyl (C=O) groups excluding carboxylic acids is 2. The molecule has 2 N–H and O–H groups in total. The van der Waals surface area contributed by atoms with Gasteiger partial charge in [-0.05, 0) is 25.7 Å². The minimum absolute atomic E-state index is 0.239. The first-order valence-electron chi connectivity index (χ1n) is 20.2. The van der Waals surface area contributed by atoms with Gasteiger partial charge in [0.05, 0.1) is 0 Å². The monoisotopic (exact) mass is 621 g/mol. The van der Waals surface area contributed by atoms with E-state index in [1.165, 1.54) is 180 Å². The third kappa shape index (κ3) is 37.1. The van der Waals surface area contributed by atoms with Crippen LogP contribution >= 0.6 is 0 Å². The van der Waals surface area contributed by atoms with Crippen molar-refractivity contribution in [2.45, 2.75) is 232 Å². The Morgan fingerprint density at radius 3 is 0.750 bits per heavy atom. The highest BCUT2D eigenvalue weighted by molar-refractivity contribution is 5.76. The summed E-state index contributed by atoms with van der Waals surface area (Å²) in [6, 6.07) is 0. The summed E-state index contributed by atoms with van der Waals surface area (Å²) in [6.07, 6.45) is 43.3. The Kier molecular flexibility index (Phi) is 37.2. The smallest absolute Gasteiger partial charge is 0.219 e. The molecule has 0 fully saturated rings. The van der Waals surface area contributed by atoms with Crippen LogP contribution in [-0.2, 0) is 9.59 Å². The molecule has 2 amide bonds. The van der Waals surface area contributed by atoms with Gasteiger partial charge in [0, 0.05) is 25.9 Å². The number of hydrogen-bond acceptors (Lipinski definition) is 2. The van der Waals surface area contributed by atoms with Gasteiger partial charge in [-0.1, -0.05) is 194 Å². The molecule has 0 radical (unpaired) electrons. The summed E-state index contributed by atoms with van der Waals surface area (Å²) in [6.45, 7) is 6.21. The predicted octanol–water partition coefficient (Wildman–Crippen LogP) is 12.5. The van der Waals surface area contributed by atoms with Crippen LogP contribution in [0.2, 0.25) is 0 Å². The largest absolute Gasteiger partial charge is 0.356 e. The zero-order valence-corrected chi connectivity index (χ0v) is 30.3. The Labute approximate surface area is 276 Å². The molecule has 4 nitrogen and oxygen atoms in total. The van der Waals surface area contributed by atoms with Gasteiger partial charge in [0.25, 0.3) is 0 Å². The van der Waals surface area contributed by atoms with E-state index in [1.807, 2.05) is 0 Å². The van der Waals surface area contributed by atoms with E-state index in [1.54, 1.807) is 0 Å². The van der Waals surface area contributed by atoms with Gasteiger partial charge in [0.15, 0.2) is 0 Å². The van der Waals surface area contributed by atoms with Crippen LogP contribution in [0.5, 0.6) is 0 Å². The molecule has 0 aromatic heterocycles. The molecule has 0 aliphatic carbocycles. The highest BCUT2D eigenvalue weighted by atomic mass is 16.2. The van der Waals surface area contributed by atoms with Crippen LogP contribution in [0.4, 0.5) is 0 Å². The zero-order chi connectivity index (χ0) is 32.0. The van der Waals surface area contributed by atoms with Crippen molar-refractivity contribution in [2.24, 2.45) is 0 Å². The van der Waals surface area contributed by atoms with Gasteiger partial charge in [-0.25, -0.2) is 0 Å². The molecule has 0 unspecified atom stereocenters. The van der Waals surface area contributed by atoms with Crippen molar-refractivity contribution in [3.8, 4) is 0 Å². The van der Waals surface area contributed by atoms with Crippen molar-refractivity contribution >= 4 is 11.8 Å². The molecule has 44 heavy (non-hydrogen) atoms. The molecule has 4 heteroatoms. The van der Waals surface area contributed by atoms with Crippen molar-refractivity contribution in [3.05, 3.63) is 0 Å². The van der Waals surface area contributed by atoms with Crippen LogP contribution in [0.15, 0.2) is 0 Å². The molecule has 0 aromatic rings. The fourth-order valence-corrected chi connectivity index (χ4v) is 6.20. The van der Waals surface area contributed by atoms with E-state index >= 15 is 0 Å². The summed E-state index contributed by atoms with van der Waals surface area (Å²) in [5, 5.41) is 6.22. The maximum absolute atomic E-state index is 12.0. The minimum atomic E-state index is 0.239. The molecular formula is C40H80N2O2. The van der Waals surface area contributed by atoms with E-state index in [-0.39, 0.29) is 11.8 Å². The van der Waals surface area contributed by atoms with Crippen LogP contribution < -0.4 is 10.6 Å². The number of unbranched alkanes of at least 4 members (excludes halogenated alkanes) is 29. The lowest BCUT2D eigenvalue weighted by Gasteiger charge is -2.07. The number of carbonyl (C=O) groups is 2. The Bertz CT molecular complexity index is 530. The van der Waals surface area contributed by atoms with Crippen molar-refractivity contribution in [3.63, 3.8) is 0 Å². The highest BCUT2D eigenvalue weighted by Crippen LogP contribution is 2.14. The average Bonchev–Trinajstić information content (AvgIpc) is 3.02. The Morgan fingerprint density at radius 1 is 0.295 bits per heavy atom. The van der Waals surface area contributed by atoms with Gasteiger partial charge < -0.3 is 10.6 Å². The third-order valence-electron chi connectivity index (χ3n) is 9.26. The van der Waals surface area contributed by atoms with Gasteiger partial charge in [-0.15, -0.1) is 0 Å². The summed E-state index contributed by atoms with van der Waals surface area (Å²) in [5.41, 5.74) is 0. The van der Waals surface area contributed by atoms with Crippen LogP contribution in [-0.4, -0.2) is 24.9 Å². The summed E-state index contributed by atoms with van der Waals surface area (Å²) in [7, 11) is 0. The number of amides is 2. The zero-order valence-electron chi connectivity index (χ0n) is 30.3. The molecule has 0 saturated carbocycles. The first-order chi connectivity index (χ1) is 21.7. The molecule has 0 spiro atoms. The van der Waals surface area contributed by atoms with E-state index in [0.29, 0.717) is 12.8 Å². The molecule has 0 bridgehead atoms. The normalized spacial score (nSPS) is 11.2. The predicted molar refractivity (Wildman–Crippen MR) is 194 cm³/mol. The molecule has 0 saturated heterocycles. The van der Waals surface area contributed by atoms with Crippen molar-refractivity contribution in [1.29, 1.82) is 0 Å². The number of rotatable bonds is 37. The van der Waals surface area contributed by atoms with Gasteiger partial charge in [-0.3, -0.25) is 9.59 Å². The lowest BCUT2D eigenvalue weighted by atomic mass is 10.0. The molecule has 262 valence electrons. The first-order valence-corrected chi connectivity index (χ1v) is 20.2. The lowest BCUT2D eigenvalue weighted by Crippen LogP contribution is -2.24. The Balaban J connectivity index is 3.23.